The van der Waals surface area contributed by atoms with Crippen LogP contribution in [0.3, 0.4) is 0 Å². The molecule has 0 aliphatic carbocycles. The van der Waals surface area contributed by atoms with Gasteiger partial charge in [0.25, 0.3) is 11.7 Å². The zero-order valence-electron chi connectivity index (χ0n) is 19.9. The van der Waals surface area contributed by atoms with Crippen LogP contribution in [-0.4, -0.2) is 67.0 Å². The first kappa shape index (κ1) is 24.3. The predicted octanol–water partition coefficient (Wildman–Crippen LogP) is 3.86. The van der Waals surface area contributed by atoms with E-state index in [1.54, 1.807) is 48.4 Å². The molecule has 3 rings (SSSR count). The van der Waals surface area contributed by atoms with Crippen molar-refractivity contribution in [2.75, 3.05) is 34.3 Å². The number of rotatable bonds is 9. The highest BCUT2D eigenvalue weighted by atomic mass is 16.5. The first-order valence-corrected chi connectivity index (χ1v) is 11.1. The molecule has 0 saturated carbocycles. The molecule has 2 aromatic carbocycles. The Morgan fingerprint density at radius 3 is 2.39 bits per heavy atom. The number of methoxy groups -OCH3 is 1. The molecule has 0 radical (unpaired) electrons. The van der Waals surface area contributed by atoms with Gasteiger partial charge in [0.2, 0.25) is 0 Å². The summed E-state index contributed by atoms with van der Waals surface area (Å²) in [7, 11) is 5.50. The van der Waals surface area contributed by atoms with Gasteiger partial charge in [0.1, 0.15) is 17.3 Å². The highest BCUT2D eigenvalue weighted by Gasteiger charge is 2.45. The molecule has 1 amide bonds. The predicted molar refractivity (Wildman–Crippen MR) is 127 cm³/mol. The van der Waals surface area contributed by atoms with Gasteiger partial charge in [0, 0.05) is 12.1 Å². The van der Waals surface area contributed by atoms with Crippen LogP contribution in [0.15, 0.2) is 54.1 Å². The molecule has 1 aliphatic heterocycles. The van der Waals surface area contributed by atoms with Crippen LogP contribution in [0.1, 0.15) is 37.4 Å². The van der Waals surface area contributed by atoms with Crippen molar-refractivity contribution in [3.05, 3.63) is 65.2 Å². The molecule has 1 fully saturated rings. The maximum atomic E-state index is 13.1. The van der Waals surface area contributed by atoms with E-state index in [-0.39, 0.29) is 17.4 Å². The Balaban J connectivity index is 2.07. The zero-order chi connectivity index (χ0) is 24.1. The first-order chi connectivity index (χ1) is 15.7. The minimum absolute atomic E-state index is 0.0380. The fraction of sp³-hybridized carbons (Fsp3) is 0.385. The third kappa shape index (κ3) is 5.54. The molecule has 0 bridgehead atoms. The summed E-state index contributed by atoms with van der Waals surface area (Å²) in [6, 6.07) is 13.4. The third-order valence-corrected chi connectivity index (χ3v) is 5.46. The Bertz CT molecular complexity index is 1030. The molecule has 0 spiro atoms. The van der Waals surface area contributed by atoms with E-state index >= 15 is 0 Å². The smallest absolute Gasteiger partial charge is 0.295 e. The van der Waals surface area contributed by atoms with Gasteiger partial charge in [0.15, 0.2) is 0 Å². The normalized spacial score (nSPS) is 17.8. The van der Waals surface area contributed by atoms with Crippen LogP contribution in [0, 0.1) is 0 Å². The number of benzene rings is 2. The van der Waals surface area contributed by atoms with Crippen molar-refractivity contribution in [2.45, 2.75) is 32.4 Å². The van der Waals surface area contributed by atoms with Crippen LogP contribution >= 0.6 is 0 Å². The van der Waals surface area contributed by atoms with E-state index in [1.165, 1.54) is 0 Å². The van der Waals surface area contributed by atoms with Gasteiger partial charge in [-0.1, -0.05) is 24.3 Å². The minimum atomic E-state index is -0.687. The lowest BCUT2D eigenvalue weighted by atomic mass is 9.95. The number of ether oxygens (including phenoxy) is 2. The van der Waals surface area contributed by atoms with Crippen LogP contribution in [0.4, 0.5) is 0 Å². The summed E-state index contributed by atoms with van der Waals surface area (Å²) >= 11 is 0. The van der Waals surface area contributed by atoms with E-state index in [4.69, 9.17) is 9.47 Å². The molecule has 7 heteroatoms. The summed E-state index contributed by atoms with van der Waals surface area (Å²) in [4.78, 5) is 29.7. The van der Waals surface area contributed by atoms with Gasteiger partial charge < -0.3 is 24.4 Å². The minimum Gasteiger partial charge on any atom is -0.507 e. The number of ketones is 1. The van der Waals surface area contributed by atoms with E-state index in [9.17, 15) is 14.7 Å². The average Bonchev–Trinajstić information content (AvgIpc) is 3.03. The molecule has 1 atom stereocenters. The summed E-state index contributed by atoms with van der Waals surface area (Å²) in [5.74, 6) is -0.255. The van der Waals surface area contributed by atoms with Gasteiger partial charge in [-0.3, -0.25) is 9.59 Å². The molecule has 7 nitrogen and oxygen atoms in total. The number of hydrogen-bond acceptors (Lipinski definition) is 6. The second-order valence-electron chi connectivity index (χ2n) is 8.62. The second-order valence-corrected chi connectivity index (χ2v) is 8.62. The zero-order valence-corrected chi connectivity index (χ0v) is 19.9. The Morgan fingerprint density at radius 2 is 1.79 bits per heavy atom. The SMILES string of the molecule is COc1ccc(C2/C(=C(/O)c3cccc(OC(C)C)c3)C(=O)C(=O)N2CCCN(C)C)cc1. The van der Waals surface area contributed by atoms with Crippen molar-refractivity contribution >= 4 is 17.4 Å². The molecule has 176 valence electrons. The summed E-state index contributed by atoms with van der Waals surface area (Å²) in [6.07, 6.45) is 0.661. The number of Topliss-reactive ketones (excluding diaryl/α,β-unsaturated/α-hetero) is 1. The lowest BCUT2D eigenvalue weighted by Gasteiger charge is -2.26. The van der Waals surface area contributed by atoms with Crippen molar-refractivity contribution < 1.29 is 24.2 Å². The number of amides is 1. The topological polar surface area (TPSA) is 79.3 Å². The standard InChI is InChI=1S/C26H32N2O5/c1-17(2)33-21-9-6-8-19(16-21)24(29)22-23(18-10-12-20(32-5)13-11-18)28(26(31)25(22)30)15-7-14-27(3)4/h6,8-13,16-17,23,29H,7,14-15H2,1-5H3/b24-22-. The van der Waals surface area contributed by atoms with E-state index in [0.29, 0.717) is 30.0 Å². The Morgan fingerprint density at radius 1 is 1.09 bits per heavy atom. The molecule has 1 saturated heterocycles. The Labute approximate surface area is 195 Å². The number of carbonyl (C=O) groups excluding carboxylic acids is 2. The highest BCUT2D eigenvalue weighted by Crippen LogP contribution is 2.40. The molecule has 1 unspecified atom stereocenters. The molecule has 1 N–H and O–H groups in total. The summed E-state index contributed by atoms with van der Waals surface area (Å²) in [5, 5.41) is 11.2. The maximum Gasteiger partial charge on any atom is 0.295 e. The molecule has 2 aromatic rings. The summed E-state index contributed by atoms with van der Waals surface area (Å²) in [5.41, 5.74) is 1.24. The van der Waals surface area contributed by atoms with E-state index in [0.717, 1.165) is 12.1 Å². The largest absolute Gasteiger partial charge is 0.507 e. The molecule has 0 aromatic heterocycles. The Hall–Kier alpha value is -3.32. The lowest BCUT2D eigenvalue weighted by Crippen LogP contribution is -2.32. The van der Waals surface area contributed by atoms with Crippen molar-refractivity contribution in [1.29, 1.82) is 0 Å². The summed E-state index contributed by atoms with van der Waals surface area (Å²) in [6.45, 7) is 4.99. The van der Waals surface area contributed by atoms with E-state index in [2.05, 4.69) is 0 Å². The van der Waals surface area contributed by atoms with Gasteiger partial charge in [-0.25, -0.2) is 0 Å². The van der Waals surface area contributed by atoms with Crippen LogP contribution in [0.5, 0.6) is 11.5 Å². The molecular weight excluding hydrogens is 420 g/mol. The van der Waals surface area contributed by atoms with Crippen LogP contribution in [-0.2, 0) is 9.59 Å². The first-order valence-electron chi connectivity index (χ1n) is 11.1. The van der Waals surface area contributed by atoms with Crippen molar-refractivity contribution in [1.82, 2.24) is 9.80 Å². The van der Waals surface area contributed by atoms with E-state index in [1.807, 2.05) is 45.0 Å². The molecule has 33 heavy (non-hydrogen) atoms. The quantitative estimate of drug-likeness (QED) is 0.354. The van der Waals surface area contributed by atoms with Gasteiger partial charge in [-0.05, 0) is 70.7 Å². The monoisotopic (exact) mass is 452 g/mol. The number of aliphatic hydroxyl groups excluding tert-OH is 1. The molecular formula is C26H32N2O5. The average molecular weight is 453 g/mol. The summed E-state index contributed by atoms with van der Waals surface area (Å²) < 4.78 is 11.0. The van der Waals surface area contributed by atoms with Crippen LogP contribution in [0.2, 0.25) is 0 Å². The van der Waals surface area contributed by atoms with Crippen molar-refractivity contribution in [2.24, 2.45) is 0 Å². The van der Waals surface area contributed by atoms with Crippen molar-refractivity contribution in [3.8, 4) is 11.5 Å². The fourth-order valence-corrected chi connectivity index (χ4v) is 3.95. The maximum absolute atomic E-state index is 13.1. The Kier molecular flexibility index (Phi) is 7.76. The molecule has 1 heterocycles. The fourth-order valence-electron chi connectivity index (χ4n) is 3.95. The van der Waals surface area contributed by atoms with E-state index < -0.39 is 17.7 Å². The highest BCUT2D eigenvalue weighted by molar-refractivity contribution is 6.46. The van der Waals surface area contributed by atoms with Gasteiger partial charge in [-0.15, -0.1) is 0 Å². The third-order valence-electron chi connectivity index (χ3n) is 5.46. The number of carbonyl (C=O) groups is 2. The van der Waals surface area contributed by atoms with Crippen molar-refractivity contribution in [3.63, 3.8) is 0 Å². The van der Waals surface area contributed by atoms with Gasteiger partial charge >= 0.3 is 0 Å². The lowest BCUT2D eigenvalue weighted by molar-refractivity contribution is -0.139. The molecule has 1 aliphatic rings. The number of aliphatic hydroxyl groups is 1. The number of hydrogen-bond donors (Lipinski definition) is 1. The van der Waals surface area contributed by atoms with Gasteiger partial charge in [-0.2, -0.15) is 0 Å². The number of nitrogens with zero attached hydrogens (tertiary/aromatic N) is 2. The van der Waals surface area contributed by atoms with Crippen LogP contribution < -0.4 is 9.47 Å². The number of likely N-dealkylation sites (tertiary alicyclic amines) is 1. The van der Waals surface area contributed by atoms with Gasteiger partial charge in [0.05, 0.1) is 24.8 Å². The second kappa shape index (κ2) is 10.5. The van der Waals surface area contributed by atoms with Crippen LogP contribution in [0.25, 0.3) is 5.76 Å².